The van der Waals surface area contributed by atoms with E-state index in [1.165, 1.54) is 0 Å². The van der Waals surface area contributed by atoms with Crippen molar-refractivity contribution in [1.82, 2.24) is 19.7 Å². The van der Waals surface area contributed by atoms with Crippen LogP contribution in [0.5, 0.6) is 0 Å². The zero-order valence-electron chi connectivity index (χ0n) is 11.5. The molecular formula is C14H18N4OS. The smallest absolute Gasteiger partial charge is 0.223 e. The van der Waals surface area contributed by atoms with Crippen molar-refractivity contribution in [1.29, 1.82) is 0 Å². The number of aryl methyl sites for hydroxylation is 2. The number of likely N-dealkylation sites (tertiary alicyclic amines) is 1. The average molecular weight is 290 g/mol. The third-order valence-corrected chi connectivity index (χ3v) is 4.40. The molecule has 1 amide bonds. The third kappa shape index (κ3) is 2.75. The highest BCUT2D eigenvalue weighted by atomic mass is 32.1. The lowest BCUT2D eigenvalue weighted by molar-refractivity contribution is -0.132. The molecule has 0 bridgehead atoms. The number of hydrogen-bond acceptors (Lipinski definition) is 4. The van der Waals surface area contributed by atoms with Crippen molar-refractivity contribution in [2.45, 2.75) is 31.7 Å². The predicted molar refractivity (Wildman–Crippen MR) is 77.3 cm³/mol. The van der Waals surface area contributed by atoms with Crippen molar-refractivity contribution in [3.05, 3.63) is 34.5 Å². The second-order valence-corrected chi connectivity index (χ2v) is 5.89. The number of amides is 1. The molecule has 1 aliphatic rings. The number of nitrogens with zero attached hydrogens (tertiary/aromatic N) is 4. The first-order valence-electron chi connectivity index (χ1n) is 6.89. The van der Waals surface area contributed by atoms with E-state index in [1.54, 1.807) is 16.0 Å². The predicted octanol–water partition coefficient (Wildman–Crippen LogP) is 2.17. The van der Waals surface area contributed by atoms with E-state index in [4.69, 9.17) is 0 Å². The van der Waals surface area contributed by atoms with Gasteiger partial charge in [-0.15, -0.1) is 11.3 Å². The lowest BCUT2D eigenvalue weighted by Crippen LogP contribution is -2.30. The Kier molecular flexibility index (Phi) is 3.82. The molecule has 0 saturated carbocycles. The number of hydrogen-bond donors (Lipinski definition) is 0. The molecule has 1 saturated heterocycles. The summed E-state index contributed by atoms with van der Waals surface area (Å²) in [4.78, 5) is 18.6. The topological polar surface area (TPSA) is 51.0 Å². The zero-order valence-corrected chi connectivity index (χ0v) is 12.3. The van der Waals surface area contributed by atoms with Gasteiger partial charge < -0.3 is 4.90 Å². The average Bonchev–Trinajstić information content (AvgIpc) is 3.16. The number of aromatic nitrogens is 3. The molecule has 6 heteroatoms. The molecule has 1 fully saturated rings. The van der Waals surface area contributed by atoms with Gasteiger partial charge >= 0.3 is 0 Å². The SMILES string of the molecule is Cn1cc([C@@H]2CCCN2C(=O)CCc2cscn2)cn1. The summed E-state index contributed by atoms with van der Waals surface area (Å²) in [5, 5.41) is 6.22. The Labute approximate surface area is 122 Å². The van der Waals surface area contributed by atoms with Gasteiger partial charge in [0.2, 0.25) is 5.91 Å². The van der Waals surface area contributed by atoms with Crippen molar-refractivity contribution >= 4 is 17.2 Å². The van der Waals surface area contributed by atoms with Gasteiger partial charge in [0.1, 0.15) is 0 Å². The van der Waals surface area contributed by atoms with Crippen LogP contribution in [0.15, 0.2) is 23.3 Å². The minimum absolute atomic E-state index is 0.201. The van der Waals surface area contributed by atoms with Gasteiger partial charge in [-0.2, -0.15) is 5.10 Å². The highest BCUT2D eigenvalue weighted by Crippen LogP contribution is 2.32. The summed E-state index contributed by atoms with van der Waals surface area (Å²) in [5.74, 6) is 0.226. The fourth-order valence-electron chi connectivity index (χ4n) is 2.76. The van der Waals surface area contributed by atoms with Crippen molar-refractivity contribution in [2.75, 3.05) is 6.54 Å². The summed E-state index contributed by atoms with van der Waals surface area (Å²) >= 11 is 1.58. The first-order chi connectivity index (χ1) is 9.74. The molecule has 1 aliphatic heterocycles. The maximum atomic E-state index is 12.4. The molecule has 106 valence electrons. The molecule has 0 N–H and O–H groups in total. The monoisotopic (exact) mass is 290 g/mol. The summed E-state index contributed by atoms with van der Waals surface area (Å²) in [6.45, 7) is 0.857. The Morgan fingerprint density at radius 3 is 3.15 bits per heavy atom. The van der Waals surface area contributed by atoms with Gasteiger partial charge in [-0.1, -0.05) is 0 Å². The molecule has 5 nitrogen and oxygen atoms in total. The summed E-state index contributed by atoms with van der Waals surface area (Å²) < 4.78 is 1.80. The molecule has 2 aromatic rings. The molecule has 0 aromatic carbocycles. The van der Waals surface area contributed by atoms with E-state index in [0.29, 0.717) is 6.42 Å². The maximum absolute atomic E-state index is 12.4. The van der Waals surface area contributed by atoms with E-state index in [-0.39, 0.29) is 11.9 Å². The molecule has 0 radical (unpaired) electrons. The fraction of sp³-hybridized carbons (Fsp3) is 0.500. The lowest BCUT2D eigenvalue weighted by Gasteiger charge is -2.23. The van der Waals surface area contributed by atoms with Crippen LogP contribution in [0.2, 0.25) is 0 Å². The van der Waals surface area contributed by atoms with E-state index in [9.17, 15) is 4.79 Å². The van der Waals surface area contributed by atoms with Crippen LogP contribution >= 0.6 is 11.3 Å². The van der Waals surface area contributed by atoms with Gasteiger partial charge in [-0.05, 0) is 19.3 Å². The second kappa shape index (κ2) is 5.75. The third-order valence-electron chi connectivity index (χ3n) is 3.76. The maximum Gasteiger partial charge on any atom is 0.223 e. The molecule has 0 unspecified atom stereocenters. The van der Waals surface area contributed by atoms with Crippen LogP contribution in [0.4, 0.5) is 0 Å². The van der Waals surface area contributed by atoms with Crippen molar-refractivity contribution in [3.8, 4) is 0 Å². The van der Waals surface area contributed by atoms with E-state index in [1.807, 2.05) is 35.2 Å². The lowest BCUT2D eigenvalue weighted by atomic mass is 10.1. The Balaban J connectivity index is 1.64. The molecule has 20 heavy (non-hydrogen) atoms. The summed E-state index contributed by atoms with van der Waals surface area (Å²) in [6.07, 6.45) is 7.27. The molecule has 1 atom stereocenters. The van der Waals surface area contributed by atoms with Crippen LogP contribution in [0, 0.1) is 0 Å². The van der Waals surface area contributed by atoms with E-state index in [0.717, 1.165) is 37.1 Å². The molecule has 3 heterocycles. The number of rotatable bonds is 4. The van der Waals surface area contributed by atoms with Gasteiger partial charge in [0.15, 0.2) is 0 Å². The molecule has 3 rings (SSSR count). The summed E-state index contributed by atoms with van der Waals surface area (Å²) in [5.41, 5.74) is 3.97. The highest BCUT2D eigenvalue weighted by molar-refractivity contribution is 7.07. The highest BCUT2D eigenvalue weighted by Gasteiger charge is 2.30. The van der Waals surface area contributed by atoms with Gasteiger partial charge in [0, 0.05) is 37.2 Å². The number of carbonyl (C=O) groups is 1. The second-order valence-electron chi connectivity index (χ2n) is 5.17. The van der Waals surface area contributed by atoms with Crippen LogP contribution in [-0.2, 0) is 18.3 Å². The van der Waals surface area contributed by atoms with Crippen LogP contribution in [0.1, 0.15) is 36.6 Å². The number of carbonyl (C=O) groups excluding carboxylic acids is 1. The molecule has 2 aromatic heterocycles. The summed E-state index contributed by atoms with van der Waals surface area (Å²) in [7, 11) is 1.91. The van der Waals surface area contributed by atoms with E-state index < -0.39 is 0 Å². The van der Waals surface area contributed by atoms with Crippen LogP contribution in [-0.4, -0.2) is 32.1 Å². The van der Waals surface area contributed by atoms with Crippen LogP contribution in [0.25, 0.3) is 0 Å². The van der Waals surface area contributed by atoms with E-state index in [2.05, 4.69) is 10.1 Å². The molecule has 0 aliphatic carbocycles. The van der Waals surface area contributed by atoms with E-state index >= 15 is 0 Å². The Morgan fingerprint density at radius 1 is 1.55 bits per heavy atom. The van der Waals surface area contributed by atoms with Gasteiger partial charge in [-0.3, -0.25) is 9.48 Å². The van der Waals surface area contributed by atoms with Crippen LogP contribution in [0.3, 0.4) is 0 Å². The zero-order chi connectivity index (χ0) is 13.9. The minimum atomic E-state index is 0.201. The fourth-order valence-corrected chi connectivity index (χ4v) is 3.36. The van der Waals surface area contributed by atoms with Crippen LogP contribution < -0.4 is 0 Å². The number of thiazole rings is 1. The largest absolute Gasteiger partial charge is 0.336 e. The minimum Gasteiger partial charge on any atom is -0.336 e. The van der Waals surface area contributed by atoms with Crippen molar-refractivity contribution < 1.29 is 4.79 Å². The Hall–Kier alpha value is -1.69. The summed E-state index contributed by atoms with van der Waals surface area (Å²) in [6, 6.07) is 0.201. The normalized spacial score (nSPS) is 18.6. The Bertz CT molecular complexity index is 578. The molecular weight excluding hydrogens is 272 g/mol. The quantitative estimate of drug-likeness (QED) is 0.867. The van der Waals surface area contributed by atoms with Crippen molar-refractivity contribution in [2.24, 2.45) is 7.05 Å². The Morgan fingerprint density at radius 2 is 2.45 bits per heavy atom. The van der Waals surface area contributed by atoms with Crippen molar-refractivity contribution in [3.63, 3.8) is 0 Å². The standard InChI is InChI=1S/C14H18N4OS/c1-17-8-11(7-16-17)13-3-2-6-18(13)14(19)5-4-12-9-20-10-15-12/h7-10,13H,2-6H2,1H3/t13-/m0/s1. The van der Waals surface area contributed by atoms with Gasteiger partial charge in [0.25, 0.3) is 0 Å². The first-order valence-corrected chi connectivity index (χ1v) is 7.83. The van der Waals surface area contributed by atoms with Gasteiger partial charge in [0.05, 0.1) is 23.4 Å². The molecule has 0 spiro atoms. The van der Waals surface area contributed by atoms with Gasteiger partial charge in [-0.25, -0.2) is 4.98 Å². The first kappa shape index (κ1) is 13.3.